The number of esters is 1. The number of para-hydroxylation sites is 1. The van der Waals surface area contributed by atoms with E-state index in [1.807, 2.05) is 0 Å². The number of anilines is 1. The van der Waals surface area contributed by atoms with E-state index in [0.717, 1.165) is 12.1 Å². The normalized spacial score (nSPS) is 11.4. The Hall–Kier alpha value is -3.24. The van der Waals surface area contributed by atoms with Gasteiger partial charge < -0.3 is 4.74 Å². The molecule has 0 aliphatic carbocycles. The molecule has 4 aromatic rings. The van der Waals surface area contributed by atoms with Crippen molar-refractivity contribution in [1.29, 1.82) is 0 Å². The Balaban J connectivity index is 1.67. The Morgan fingerprint density at radius 2 is 1.59 bits per heavy atom. The van der Waals surface area contributed by atoms with Crippen LogP contribution in [0.3, 0.4) is 0 Å². The third-order valence-electron chi connectivity index (χ3n) is 5.64. The zero-order valence-electron chi connectivity index (χ0n) is 19.5. The summed E-state index contributed by atoms with van der Waals surface area (Å²) >= 11 is 18.5. The molecular weight excluding hydrogens is 561 g/mol. The second-order valence-electron chi connectivity index (χ2n) is 7.97. The van der Waals surface area contributed by atoms with Gasteiger partial charge in [0.2, 0.25) is 0 Å². The van der Waals surface area contributed by atoms with E-state index in [0.29, 0.717) is 22.0 Å². The highest BCUT2D eigenvalue weighted by atomic mass is 35.5. The lowest BCUT2D eigenvalue weighted by atomic mass is 10.2. The molecule has 0 fully saturated rings. The second-order valence-corrected chi connectivity index (χ2v) is 10.8. The number of benzene rings is 3. The molecule has 4 rings (SSSR count). The zero-order valence-corrected chi connectivity index (χ0v) is 22.6. The van der Waals surface area contributed by atoms with E-state index < -0.39 is 26.4 Å². The number of halogens is 3. The summed E-state index contributed by atoms with van der Waals surface area (Å²) < 4.78 is 37.1. The van der Waals surface area contributed by atoms with Crippen LogP contribution >= 0.6 is 34.8 Å². The van der Waals surface area contributed by atoms with Crippen molar-refractivity contribution in [1.82, 2.24) is 9.36 Å². The number of hydrogen-bond acceptors (Lipinski definition) is 5. The summed E-state index contributed by atoms with van der Waals surface area (Å²) in [5.74, 6) is -0.875. The van der Waals surface area contributed by atoms with Crippen LogP contribution in [0, 0.1) is 6.92 Å². The first-order chi connectivity index (χ1) is 17.5. The lowest BCUT2D eigenvalue weighted by Gasteiger charge is -2.12. The Kier molecular flexibility index (Phi) is 7.70. The van der Waals surface area contributed by atoms with Crippen LogP contribution in [0.1, 0.15) is 21.6 Å². The minimum atomic E-state index is -4.42. The molecule has 1 heterocycles. The lowest BCUT2D eigenvalue weighted by molar-refractivity contribution is 0.0473. The summed E-state index contributed by atoms with van der Waals surface area (Å²) in [7, 11) is -2.79. The SMILES string of the molecule is Cc1c(NS(=O)(=O)c2cc(C(=O)OCc3ccccc3Cl)c(Cl)cc2Cl)c(=O)n(-c2ccccc2)n1C. The van der Waals surface area contributed by atoms with Crippen molar-refractivity contribution in [2.75, 3.05) is 4.72 Å². The summed E-state index contributed by atoms with van der Waals surface area (Å²) in [4.78, 5) is 25.5. The average Bonchev–Trinajstić information content (AvgIpc) is 3.06. The molecule has 1 N–H and O–H groups in total. The van der Waals surface area contributed by atoms with Gasteiger partial charge in [-0.05, 0) is 37.3 Å². The van der Waals surface area contributed by atoms with Gasteiger partial charge in [0.15, 0.2) is 0 Å². The highest BCUT2D eigenvalue weighted by Crippen LogP contribution is 2.31. The largest absolute Gasteiger partial charge is 0.457 e. The van der Waals surface area contributed by atoms with Gasteiger partial charge in [0.25, 0.3) is 15.6 Å². The molecule has 192 valence electrons. The van der Waals surface area contributed by atoms with Crippen LogP contribution in [0.5, 0.6) is 0 Å². The number of sulfonamides is 1. The predicted octanol–water partition coefficient (Wildman–Crippen LogP) is 5.60. The van der Waals surface area contributed by atoms with Crippen molar-refractivity contribution in [2.24, 2.45) is 7.05 Å². The Morgan fingerprint density at radius 3 is 2.27 bits per heavy atom. The summed E-state index contributed by atoms with van der Waals surface area (Å²) in [6, 6.07) is 17.7. The van der Waals surface area contributed by atoms with Gasteiger partial charge in [-0.3, -0.25) is 14.2 Å². The summed E-state index contributed by atoms with van der Waals surface area (Å²) in [6.07, 6.45) is 0. The van der Waals surface area contributed by atoms with E-state index in [9.17, 15) is 18.0 Å². The number of ether oxygens (including phenoxy) is 1. The van der Waals surface area contributed by atoms with Crippen molar-refractivity contribution in [3.05, 3.63) is 109 Å². The van der Waals surface area contributed by atoms with Crippen LogP contribution < -0.4 is 10.3 Å². The zero-order chi connectivity index (χ0) is 26.9. The molecule has 0 spiro atoms. The van der Waals surface area contributed by atoms with Crippen molar-refractivity contribution in [3.8, 4) is 5.69 Å². The molecule has 3 aromatic carbocycles. The van der Waals surface area contributed by atoms with Gasteiger partial charge in [-0.1, -0.05) is 71.2 Å². The van der Waals surface area contributed by atoms with Gasteiger partial charge >= 0.3 is 5.97 Å². The third-order valence-corrected chi connectivity index (χ3v) is 8.13. The molecule has 0 unspecified atom stereocenters. The van der Waals surface area contributed by atoms with E-state index >= 15 is 0 Å². The first-order valence-electron chi connectivity index (χ1n) is 10.8. The summed E-state index contributed by atoms with van der Waals surface area (Å²) in [5, 5.41) is 0.0666. The van der Waals surface area contributed by atoms with Gasteiger partial charge in [-0.15, -0.1) is 0 Å². The maximum Gasteiger partial charge on any atom is 0.340 e. The predicted molar refractivity (Wildman–Crippen MR) is 144 cm³/mol. The number of hydrogen-bond donors (Lipinski definition) is 1. The van der Waals surface area contributed by atoms with Crippen LogP contribution in [0.2, 0.25) is 15.1 Å². The molecule has 0 atom stereocenters. The molecular formula is C25H20Cl3N3O5S. The van der Waals surface area contributed by atoms with E-state index in [1.54, 1.807) is 68.6 Å². The van der Waals surface area contributed by atoms with E-state index in [1.165, 1.54) is 9.36 Å². The first-order valence-corrected chi connectivity index (χ1v) is 13.4. The smallest absolute Gasteiger partial charge is 0.340 e. The maximum absolute atomic E-state index is 13.3. The number of nitrogens with one attached hydrogen (secondary N) is 1. The van der Waals surface area contributed by atoms with Crippen molar-refractivity contribution < 1.29 is 17.9 Å². The van der Waals surface area contributed by atoms with E-state index in [-0.39, 0.29) is 27.9 Å². The number of rotatable bonds is 7. The molecule has 0 saturated heterocycles. The van der Waals surface area contributed by atoms with E-state index in [2.05, 4.69) is 4.72 Å². The van der Waals surface area contributed by atoms with Crippen LogP contribution in [0.15, 0.2) is 76.4 Å². The second kappa shape index (κ2) is 10.6. The fraction of sp³-hybridized carbons (Fsp3) is 0.120. The summed E-state index contributed by atoms with van der Waals surface area (Å²) in [6.45, 7) is 1.44. The molecule has 0 aliphatic heterocycles. The van der Waals surface area contributed by atoms with Gasteiger partial charge in [-0.25, -0.2) is 17.9 Å². The molecule has 37 heavy (non-hydrogen) atoms. The highest BCUT2D eigenvalue weighted by molar-refractivity contribution is 7.92. The lowest BCUT2D eigenvalue weighted by Crippen LogP contribution is -2.23. The Bertz CT molecular complexity index is 1670. The quantitative estimate of drug-likeness (QED) is 0.287. The van der Waals surface area contributed by atoms with Gasteiger partial charge in [0, 0.05) is 17.6 Å². The minimum Gasteiger partial charge on any atom is -0.457 e. The standard InChI is InChI=1S/C25H20Cl3N3O5S/c1-15-23(24(32)31(30(15)2)17-9-4-3-5-10-17)29-37(34,35)22-12-18(20(27)13-21(22)28)25(33)36-14-16-8-6-7-11-19(16)26/h3-13,29H,14H2,1-2H3. The Labute approximate surface area is 228 Å². The van der Waals surface area contributed by atoms with Crippen LogP contribution in [0.4, 0.5) is 5.69 Å². The van der Waals surface area contributed by atoms with Crippen LogP contribution in [0.25, 0.3) is 5.69 Å². The molecule has 1 aromatic heterocycles. The van der Waals surface area contributed by atoms with Gasteiger partial charge in [0.1, 0.15) is 17.2 Å². The molecule has 0 radical (unpaired) electrons. The number of carbonyl (C=O) groups is 1. The number of carbonyl (C=O) groups excluding carboxylic acids is 1. The minimum absolute atomic E-state index is 0.101. The molecule has 0 amide bonds. The van der Waals surface area contributed by atoms with Crippen molar-refractivity contribution in [3.63, 3.8) is 0 Å². The topological polar surface area (TPSA) is 99.4 Å². The fourth-order valence-corrected chi connectivity index (χ4v) is 5.76. The van der Waals surface area contributed by atoms with Gasteiger partial charge in [0.05, 0.1) is 27.0 Å². The third kappa shape index (κ3) is 5.40. The van der Waals surface area contributed by atoms with Crippen LogP contribution in [-0.2, 0) is 28.4 Å². The highest BCUT2D eigenvalue weighted by Gasteiger charge is 2.27. The molecule has 8 nitrogen and oxygen atoms in total. The maximum atomic E-state index is 13.3. The molecule has 0 aliphatic rings. The molecule has 12 heteroatoms. The number of aromatic nitrogens is 2. The fourth-order valence-electron chi connectivity index (χ4n) is 3.60. The average molecular weight is 581 g/mol. The monoisotopic (exact) mass is 579 g/mol. The van der Waals surface area contributed by atoms with Gasteiger partial charge in [-0.2, -0.15) is 0 Å². The van der Waals surface area contributed by atoms with E-state index in [4.69, 9.17) is 39.5 Å². The molecule has 0 bridgehead atoms. The molecule has 0 saturated carbocycles. The Morgan fingerprint density at radius 1 is 0.946 bits per heavy atom. The summed E-state index contributed by atoms with van der Waals surface area (Å²) in [5.41, 5.74) is 0.509. The number of nitrogens with zero attached hydrogens (tertiary/aromatic N) is 2. The van der Waals surface area contributed by atoms with Crippen LogP contribution in [-0.4, -0.2) is 23.8 Å². The first kappa shape index (κ1) is 26.8. The van der Waals surface area contributed by atoms with Crippen molar-refractivity contribution >= 4 is 56.5 Å². The van der Waals surface area contributed by atoms with Crippen molar-refractivity contribution in [2.45, 2.75) is 18.4 Å².